The van der Waals surface area contributed by atoms with Crippen LogP contribution in [0, 0.1) is 13.8 Å². The molecule has 0 bridgehead atoms. The van der Waals surface area contributed by atoms with Gasteiger partial charge in [-0.25, -0.2) is 0 Å². The third-order valence-electron chi connectivity index (χ3n) is 5.35. The molecule has 29 heavy (non-hydrogen) atoms. The van der Waals surface area contributed by atoms with Gasteiger partial charge in [-0.3, -0.25) is 4.79 Å². The van der Waals surface area contributed by atoms with Crippen LogP contribution in [0.4, 0.5) is 11.4 Å². The number of anilines is 2. The molecule has 156 valence electrons. The summed E-state index contributed by atoms with van der Waals surface area (Å²) in [5, 5.41) is 2.94. The van der Waals surface area contributed by atoms with Crippen molar-refractivity contribution in [1.82, 2.24) is 4.90 Å². The molecule has 0 radical (unpaired) electrons. The van der Waals surface area contributed by atoms with Crippen molar-refractivity contribution in [3.05, 3.63) is 47.5 Å². The van der Waals surface area contributed by atoms with Crippen LogP contribution in [0.25, 0.3) is 0 Å². The zero-order valence-corrected chi connectivity index (χ0v) is 17.8. The van der Waals surface area contributed by atoms with Crippen molar-refractivity contribution in [3.8, 4) is 11.5 Å². The highest BCUT2D eigenvalue weighted by molar-refractivity contribution is 5.93. The summed E-state index contributed by atoms with van der Waals surface area (Å²) < 4.78 is 11.0. The number of piperazine rings is 1. The monoisotopic (exact) mass is 397 g/mol. The summed E-state index contributed by atoms with van der Waals surface area (Å²) >= 11 is 0. The maximum absolute atomic E-state index is 12.4. The lowest BCUT2D eigenvalue weighted by Crippen LogP contribution is -2.46. The van der Waals surface area contributed by atoms with Gasteiger partial charge < -0.3 is 24.6 Å². The molecule has 1 amide bonds. The van der Waals surface area contributed by atoms with Crippen molar-refractivity contribution in [3.63, 3.8) is 0 Å². The van der Waals surface area contributed by atoms with E-state index in [4.69, 9.17) is 9.47 Å². The van der Waals surface area contributed by atoms with E-state index >= 15 is 0 Å². The van der Waals surface area contributed by atoms with Crippen LogP contribution in [-0.4, -0.2) is 57.2 Å². The van der Waals surface area contributed by atoms with Crippen molar-refractivity contribution >= 4 is 17.3 Å². The van der Waals surface area contributed by atoms with Crippen LogP contribution < -0.4 is 19.7 Å². The van der Waals surface area contributed by atoms with Crippen LogP contribution in [0.2, 0.25) is 0 Å². The Morgan fingerprint density at radius 2 is 1.79 bits per heavy atom. The fraction of sp³-hybridized carbons (Fsp3) is 0.435. The first-order chi connectivity index (χ1) is 14.0. The highest BCUT2D eigenvalue weighted by atomic mass is 16.5. The Bertz CT molecular complexity index is 845. The molecule has 0 aliphatic carbocycles. The van der Waals surface area contributed by atoms with Crippen LogP contribution in [0.15, 0.2) is 36.4 Å². The number of aryl methyl sites for hydroxylation is 2. The van der Waals surface area contributed by atoms with Crippen molar-refractivity contribution in [2.45, 2.75) is 20.8 Å². The van der Waals surface area contributed by atoms with Crippen molar-refractivity contribution in [2.24, 2.45) is 0 Å². The van der Waals surface area contributed by atoms with Gasteiger partial charge in [-0.05, 0) is 61.9 Å². The number of carbonyl (C=O) groups excluding carboxylic acids is 1. The normalized spacial score (nSPS) is 14.6. The van der Waals surface area contributed by atoms with Gasteiger partial charge in [0.25, 0.3) is 5.91 Å². The zero-order valence-electron chi connectivity index (χ0n) is 17.8. The third kappa shape index (κ3) is 5.41. The van der Waals surface area contributed by atoms with Gasteiger partial charge in [-0.15, -0.1) is 0 Å². The van der Waals surface area contributed by atoms with Gasteiger partial charge in [0.2, 0.25) is 0 Å². The average molecular weight is 398 g/mol. The first kappa shape index (κ1) is 21.0. The summed E-state index contributed by atoms with van der Waals surface area (Å²) in [5.74, 6) is 0.994. The topological polar surface area (TPSA) is 54.0 Å². The van der Waals surface area contributed by atoms with Gasteiger partial charge in [0.15, 0.2) is 18.1 Å². The molecule has 0 saturated carbocycles. The molecule has 0 aromatic heterocycles. The number of amides is 1. The third-order valence-corrected chi connectivity index (χ3v) is 5.35. The van der Waals surface area contributed by atoms with E-state index in [9.17, 15) is 4.79 Å². The van der Waals surface area contributed by atoms with E-state index in [1.165, 1.54) is 5.69 Å². The van der Waals surface area contributed by atoms with Gasteiger partial charge in [0, 0.05) is 37.6 Å². The smallest absolute Gasteiger partial charge is 0.262 e. The summed E-state index contributed by atoms with van der Waals surface area (Å²) in [6.07, 6.45) is 0. The summed E-state index contributed by atoms with van der Waals surface area (Å²) in [7, 11) is 1.59. The Kier molecular flexibility index (Phi) is 6.99. The lowest BCUT2D eigenvalue weighted by atomic mass is 10.1. The van der Waals surface area contributed by atoms with E-state index in [1.807, 2.05) is 38.1 Å². The Labute approximate surface area is 173 Å². The standard InChI is InChI=1S/C23H31N3O3/c1-5-25-10-12-26(13-11-25)19-7-8-20(18(3)15-19)24-23(27)16-29-21-9-6-17(2)14-22(21)28-4/h6-9,14-15H,5,10-13,16H2,1-4H3,(H,24,27). The summed E-state index contributed by atoms with van der Waals surface area (Å²) in [6.45, 7) is 11.5. The van der Waals surface area contributed by atoms with Gasteiger partial charge in [-0.1, -0.05) is 13.0 Å². The Balaban J connectivity index is 1.57. The number of rotatable bonds is 7. The molecule has 6 nitrogen and oxygen atoms in total. The number of nitrogens with zero attached hydrogens (tertiary/aromatic N) is 2. The fourth-order valence-corrected chi connectivity index (χ4v) is 3.53. The fourth-order valence-electron chi connectivity index (χ4n) is 3.53. The van der Waals surface area contributed by atoms with Crippen LogP contribution >= 0.6 is 0 Å². The first-order valence-corrected chi connectivity index (χ1v) is 10.2. The zero-order chi connectivity index (χ0) is 20.8. The number of ether oxygens (including phenoxy) is 2. The SMILES string of the molecule is CCN1CCN(c2ccc(NC(=O)COc3ccc(C)cc3OC)c(C)c2)CC1. The highest BCUT2D eigenvalue weighted by Gasteiger charge is 2.17. The number of methoxy groups -OCH3 is 1. The van der Waals surface area contributed by atoms with Crippen LogP contribution in [-0.2, 0) is 4.79 Å². The molecule has 1 heterocycles. The van der Waals surface area contributed by atoms with E-state index in [0.717, 1.165) is 49.5 Å². The second kappa shape index (κ2) is 9.65. The Hall–Kier alpha value is -2.73. The molecular formula is C23H31N3O3. The lowest BCUT2D eigenvalue weighted by Gasteiger charge is -2.35. The summed E-state index contributed by atoms with van der Waals surface area (Å²) in [5.41, 5.74) is 4.13. The molecule has 6 heteroatoms. The van der Waals surface area contributed by atoms with Crippen LogP contribution in [0.5, 0.6) is 11.5 Å². The second-order valence-corrected chi connectivity index (χ2v) is 7.41. The minimum atomic E-state index is -0.194. The number of hydrogen-bond donors (Lipinski definition) is 1. The molecule has 2 aromatic carbocycles. The van der Waals surface area contributed by atoms with Crippen molar-refractivity contribution in [2.75, 3.05) is 56.7 Å². The van der Waals surface area contributed by atoms with Gasteiger partial charge in [0.1, 0.15) is 0 Å². The molecule has 1 N–H and O–H groups in total. The largest absolute Gasteiger partial charge is 0.493 e. The van der Waals surface area contributed by atoms with Crippen LogP contribution in [0.3, 0.4) is 0 Å². The minimum absolute atomic E-state index is 0.0699. The highest BCUT2D eigenvalue weighted by Crippen LogP contribution is 2.28. The number of carbonyl (C=O) groups is 1. The van der Waals surface area contributed by atoms with E-state index in [2.05, 4.69) is 34.2 Å². The number of hydrogen-bond acceptors (Lipinski definition) is 5. The first-order valence-electron chi connectivity index (χ1n) is 10.2. The van der Waals surface area contributed by atoms with Crippen LogP contribution in [0.1, 0.15) is 18.1 Å². The van der Waals surface area contributed by atoms with Gasteiger partial charge in [0.05, 0.1) is 7.11 Å². The summed E-state index contributed by atoms with van der Waals surface area (Å²) in [6, 6.07) is 11.8. The van der Waals surface area contributed by atoms with Gasteiger partial charge in [-0.2, -0.15) is 0 Å². The second-order valence-electron chi connectivity index (χ2n) is 7.41. The van der Waals surface area contributed by atoms with E-state index in [-0.39, 0.29) is 12.5 Å². The number of nitrogens with one attached hydrogen (secondary N) is 1. The Morgan fingerprint density at radius 1 is 1.03 bits per heavy atom. The van der Waals surface area contributed by atoms with Gasteiger partial charge >= 0.3 is 0 Å². The predicted molar refractivity (Wildman–Crippen MR) is 117 cm³/mol. The minimum Gasteiger partial charge on any atom is -0.493 e. The Morgan fingerprint density at radius 3 is 2.45 bits per heavy atom. The summed E-state index contributed by atoms with van der Waals surface area (Å²) in [4.78, 5) is 17.2. The average Bonchev–Trinajstić information content (AvgIpc) is 2.74. The number of likely N-dealkylation sites (N-methyl/N-ethyl adjacent to an activating group) is 1. The number of benzene rings is 2. The lowest BCUT2D eigenvalue weighted by molar-refractivity contribution is -0.118. The molecular weight excluding hydrogens is 366 g/mol. The molecule has 3 rings (SSSR count). The van der Waals surface area contributed by atoms with E-state index < -0.39 is 0 Å². The predicted octanol–water partition coefficient (Wildman–Crippen LogP) is 3.47. The molecule has 2 aromatic rings. The molecule has 1 saturated heterocycles. The van der Waals surface area contributed by atoms with Crippen molar-refractivity contribution < 1.29 is 14.3 Å². The van der Waals surface area contributed by atoms with E-state index in [0.29, 0.717) is 11.5 Å². The maximum Gasteiger partial charge on any atom is 0.262 e. The molecule has 1 aliphatic heterocycles. The quantitative estimate of drug-likeness (QED) is 0.775. The molecule has 1 fully saturated rings. The maximum atomic E-state index is 12.4. The molecule has 0 unspecified atom stereocenters. The molecule has 0 spiro atoms. The van der Waals surface area contributed by atoms with Crippen molar-refractivity contribution in [1.29, 1.82) is 0 Å². The van der Waals surface area contributed by atoms with E-state index in [1.54, 1.807) is 7.11 Å². The molecule has 0 atom stereocenters. The molecule has 1 aliphatic rings.